The molecule has 0 aliphatic heterocycles. The molecule has 2 N–H and O–H groups in total. The van der Waals surface area contributed by atoms with E-state index in [1.54, 1.807) is 6.26 Å². The molecule has 0 aliphatic carbocycles. The summed E-state index contributed by atoms with van der Waals surface area (Å²) in [6, 6.07) is 22.0. The molecule has 5 nitrogen and oxygen atoms in total. The summed E-state index contributed by atoms with van der Waals surface area (Å²) in [5.41, 5.74) is 3.77. The summed E-state index contributed by atoms with van der Waals surface area (Å²) in [5, 5.41) is 5.00. The first-order chi connectivity index (χ1) is 15.5. The Bertz CT molecular complexity index is 1250. The smallest absolute Gasteiger partial charge is 0.253 e. The summed E-state index contributed by atoms with van der Waals surface area (Å²) in [5.74, 6) is 0.784. The second-order valence-corrected chi connectivity index (χ2v) is 8.30. The highest BCUT2D eigenvalue weighted by atomic mass is 32.1. The average molecular weight is 446 g/mol. The molecule has 2 aromatic carbocycles. The Morgan fingerprint density at radius 1 is 1.09 bits per heavy atom. The lowest BCUT2D eigenvalue weighted by molar-refractivity contribution is 0.347. The lowest BCUT2D eigenvalue weighted by Gasteiger charge is -2.27. The number of aryl methyl sites for hydroxylation is 1. The van der Waals surface area contributed by atoms with Gasteiger partial charge in [0.1, 0.15) is 5.76 Å². The van der Waals surface area contributed by atoms with E-state index < -0.39 is 0 Å². The molecule has 6 heteroatoms. The molecular weight excluding hydrogens is 418 g/mol. The quantitative estimate of drug-likeness (QED) is 0.377. The number of benzene rings is 2. The van der Waals surface area contributed by atoms with Crippen LogP contribution in [0.2, 0.25) is 0 Å². The minimum absolute atomic E-state index is 0.0322. The Kier molecular flexibility index (Phi) is 6.71. The molecule has 0 radical (unpaired) electrons. The van der Waals surface area contributed by atoms with Gasteiger partial charge in [0.2, 0.25) is 0 Å². The van der Waals surface area contributed by atoms with Gasteiger partial charge in [0.15, 0.2) is 5.11 Å². The number of hydrogen-bond donors (Lipinski definition) is 2. The summed E-state index contributed by atoms with van der Waals surface area (Å²) in [6.45, 7) is 5.03. The molecule has 4 aromatic rings. The number of pyridine rings is 1. The van der Waals surface area contributed by atoms with Crippen molar-refractivity contribution >= 4 is 28.2 Å². The standard InChI is InChI=1S/C26H27N3O2S/c1-3-19-11-12-24-21(14-19)15-22(25(30)28-24)16-29(17-23-10-7-13-31-23)26(32)27-18(2)20-8-5-4-6-9-20/h4-15,18H,3,16-17H2,1-2H3,(H,27,32)(H,28,30)/t18-/m1/s1. The molecule has 32 heavy (non-hydrogen) atoms. The molecule has 1 atom stereocenters. The Balaban J connectivity index is 1.61. The van der Waals surface area contributed by atoms with E-state index in [0.29, 0.717) is 23.8 Å². The topological polar surface area (TPSA) is 61.3 Å². The molecule has 0 fully saturated rings. The van der Waals surface area contributed by atoms with E-state index in [9.17, 15) is 4.79 Å². The van der Waals surface area contributed by atoms with E-state index in [1.807, 2.05) is 53.4 Å². The summed E-state index contributed by atoms with van der Waals surface area (Å²) in [6.07, 6.45) is 2.59. The highest BCUT2D eigenvalue weighted by Crippen LogP contribution is 2.18. The maximum Gasteiger partial charge on any atom is 0.253 e. The molecular formula is C26H27N3O2S. The van der Waals surface area contributed by atoms with Crippen LogP contribution in [-0.4, -0.2) is 15.0 Å². The van der Waals surface area contributed by atoms with Crippen LogP contribution in [0.5, 0.6) is 0 Å². The maximum absolute atomic E-state index is 12.8. The monoisotopic (exact) mass is 445 g/mol. The van der Waals surface area contributed by atoms with Gasteiger partial charge in [-0.2, -0.15) is 0 Å². The Labute approximate surface area is 193 Å². The molecule has 164 valence electrons. The van der Waals surface area contributed by atoms with Crippen molar-refractivity contribution in [3.05, 3.63) is 106 Å². The number of furan rings is 1. The number of fused-ring (bicyclic) bond motifs is 1. The molecule has 0 saturated carbocycles. The van der Waals surface area contributed by atoms with Gasteiger partial charge in [-0.1, -0.05) is 43.3 Å². The van der Waals surface area contributed by atoms with Crippen molar-refractivity contribution < 1.29 is 4.42 Å². The highest BCUT2D eigenvalue weighted by molar-refractivity contribution is 7.80. The Morgan fingerprint density at radius 2 is 1.91 bits per heavy atom. The molecule has 0 saturated heterocycles. The first kappa shape index (κ1) is 21.8. The second kappa shape index (κ2) is 9.83. The van der Waals surface area contributed by atoms with Crippen molar-refractivity contribution in [1.29, 1.82) is 0 Å². The van der Waals surface area contributed by atoms with Crippen LogP contribution in [-0.2, 0) is 19.5 Å². The minimum atomic E-state index is -0.106. The lowest BCUT2D eigenvalue weighted by atomic mass is 10.1. The van der Waals surface area contributed by atoms with Gasteiger partial charge < -0.3 is 19.6 Å². The van der Waals surface area contributed by atoms with Crippen molar-refractivity contribution in [1.82, 2.24) is 15.2 Å². The largest absolute Gasteiger partial charge is 0.467 e. The molecule has 0 bridgehead atoms. The van der Waals surface area contributed by atoms with Crippen LogP contribution in [0.4, 0.5) is 0 Å². The summed E-state index contributed by atoms with van der Waals surface area (Å²) >= 11 is 5.76. The van der Waals surface area contributed by atoms with E-state index in [2.05, 4.69) is 42.3 Å². The van der Waals surface area contributed by atoms with Crippen LogP contribution < -0.4 is 10.9 Å². The summed E-state index contributed by atoms with van der Waals surface area (Å²) < 4.78 is 5.56. The zero-order valence-corrected chi connectivity index (χ0v) is 19.1. The number of thiocarbonyl (C=S) groups is 1. The third-order valence-electron chi connectivity index (χ3n) is 5.61. The van der Waals surface area contributed by atoms with Crippen molar-refractivity contribution in [3.8, 4) is 0 Å². The van der Waals surface area contributed by atoms with Crippen LogP contribution >= 0.6 is 12.2 Å². The average Bonchev–Trinajstić information content (AvgIpc) is 3.32. The lowest BCUT2D eigenvalue weighted by Crippen LogP contribution is -2.41. The molecule has 2 aromatic heterocycles. The number of hydrogen-bond acceptors (Lipinski definition) is 3. The zero-order valence-electron chi connectivity index (χ0n) is 18.3. The third-order valence-corrected chi connectivity index (χ3v) is 5.98. The number of aromatic amines is 1. The Morgan fingerprint density at radius 3 is 2.62 bits per heavy atom. The van der Waals surface area contributed by atoms with Crippen molar-refractivity contribution in [2.45, 2.75) is 39.4 Å². The van der Waals surface area contributed by atoms with Crippen molar-refractivity contribution in [2.75, 3.05) is 0 Å². The van der Waals surface area contributed by atoms with Gasteiger partial charge >= 0.3 is 0 Å². The molecule has 0 amide bonds. The van der Waals surface area contributed by atoms with Gasteiger partial charge in [-0.25, -0.2) is 0 Å². The maximum atomic E-state index is 12.8. The second-order valence-electron chi connectivity index (χ2n) is 7.92. The highest BCUT2D eigenvalue weighted by Gasteiger charge is 2.17. The normalized spacial score (nSPS) is 11.9. The molecule has 0 unspecified atom stereocenters. The molecule has 4 rings (SSSR count). The van der Waals surface area contributed by atoms with Crippen LogP contribution in [0.25, 0.3) is 10.9 Å². The predicted molar refractivity (Wildman–Crippen MR) is 132 cm³/mol. The van der Waals surface area contributed by atoms with Gasteiger partial charge in [0, 0.05) is 11.1 Å². The van der Waals surface area contributed by atoms with Crippen LogP contribution in [0.15, 0.2) is 82.2 Å². The molecule has 0 aliphatic rings. The minimum Gasteiger partial charge on any atom is -0.467 e. The fraction of sp³-hybridized carbons (Fsp3) is 0.231. The van der Waals surface area contributed by atoms with Gasteiger partial charge in [-0.3, -0.25) is 4.79 Å². The van der Waals surface area contributed by atoms with Crippen LogP contribution in [0, 0.1) is 0 Å². The first-order valence-electron chi connectivity index (χ1n) is 10.8. The molecule has 0 spiro atoms. The van der Waals surface area contributed by atoms with E-state index >= 15 is 0 Å². The van der Waals surface area contributed by atoms with Crippen LogP contribution in [0.1, 0.15) is 42.3 Å². The van der Waals surface area contributed by atoms with Crippen molar-refractivity contribution in [3.63, 3.8) is 0 Å². The van der Waals surface area contributed by atoms with Crippen LogP contribution in [0.3, 0.4) is 0 Å². The summed E-state index contributed by atoms with van der Waals surface area (Å²) in [7, 11) is 0. The van der Waals surface area contributed by atoms with E-state index in [4.69, 9.17) is 16.6 Å². The van der Waals surface area contributed by atoms with Gasteiger partial charge in [-0.15, -0.1) is 0 Å². The Hall–Kier alpha value is -3.38. The SMILES string of the molecule is CCc1ccc2[nH]c(=O)c(CN(Cc3ccco3)C(=S)N[C@H](C)c3ccccc3)cc2c1. The number of nitrogens with one attached hydrogen (secondary N) is 2. The fourth-order valence-corrected chi connectivity index (χ4v) is 4.04. The third kappa shape index (κ3) is 5.08. The molecule has 2 heterocycles. The first-order valence-corrected chi connectivity index (χ1v) is 11.2. The van der Waals surface area contributed by atoms with E-state index in [0.717, 1.165) is 28.6 Å². The van der Waals surface area contributed by atoms with Gasteiger partial charge in [-0.05, 0) is 72.4 Å². The van der Waals surface area contributed by atoms with Gasteiger partial charge in [0.05, 0.1) is 25.4 Å². The van der Waals surface area contributed by atoms with E-state index in [-0.39, 0.29) is 11.6 Å². The predicted octanol–water partition coefficient (Wildman–Crippen LogP) is 5.32. The number of rotatable bonds is 7. The van der Waals surface area contributed by atoms with Gasteiger partial charge in [0.25, 0.3) is 5.56 Å². The zero-order chi connectivity index (χ0) is 22.5. The van der Waals surface area contributed by atoms with E-state index in [1.165, 1.54) is 5.56 Å². The number of aromatic nitrogens is 1. The summed E-state index contributed by atoms with van der Waals surface area (Å²) in [4.78, 5) is 17.8. The number of nitrogens with zero attached hydrogens (tertiary/aromatic N) is 1. The number of H-pyrrole nitrogens is 1. The van der Waals surface area contributed by atoms with Crippen molar-refractivity contribution in [2.24, 2.45) is 0 Å². The fourth-order valence-electron chi connectivity index (χ4n) is 3.74.